The van der Waals surface area contributed by atoms with Crippen LogP contribution in [-0.4, -0.2) is 55.3 Å². The van der Waals surface area contributed by atoms with Crippen molar-refractivity contribution in [2.75, 3.05) is 13.2 Å². The van der Waals surface area contributed by atoms with Crippen LogP contribution in [-0.2, 0) is 35.0 Å². The lowest BCUT2D eigenvalue weighted by atomic mass is 10.0. The van der Waals surface area contributed by atoms with Crippen LogP contribution < -0.4 is 0 Å². The molecule has 1 aromatic rings. The Morgan fingerprint density at radius 3 is 2.31 bits per heavy atom. The Balaban J connectivity index is 1.45. The highest BCUT2D eigenvalue weighted by Crippen LogP contribution is 2.41. The first kappa shape index (κ1) is 18.3. The van der Waals surface area contributed by atoms with Gasteiger partial charge in [-0.1, -0.05) is 30.3 Å². The minimum atomic E-state index is -0.686. The second kappa shape index (κ2) is 6.86. The summed E-state index contributed by atoms with van der Waals surface area (Å²) in [6.07, 6.45) is -1.12. The van der Waals surface area contributed by atoms with Crippen molar-refractivity contribution in [1.29, 1.82) is 0 Å². The molecule has 1 aromatic carbocycles. The maximum Gasteiger partial charge on any atom is 0.164 e. The molecule has 3 aliphatic rings. The number of ether oxygens (including phenoxy) is 6. The average molecular weight is 364 g/mol. The van der Waals surface area contributed by atoms with Crippen LogP contribution in [0.3, 0.4) is 0 Å². The zero-order valence-electron chi connectivity index (χ0n) is 15.8. The summed E-state index contributed by atoms with van der Waals surface area (Å²) in [6, 6.07) is 10.1. The smallest absolute Gasteiger partial charge is 0.164 e. The minimum Gasteiger partial charge on any atom is -0.374 e. The van der Waals surface area contributed by atoms with Crippen LogP contribution in [0.5, 0.6) is 0 Å². The molecule has 0 aromatic heterocycles. The molecular weight excluding hydrogens is 336 g/mol. The van der Waals surface area contributed by atoms with E-state index in [9.17, 15) is 0 Å². The van der Waals surface area contributed by atoms with E-state index in [2.05, 4.69) is 0 Å². The van der Waals surface area contributed by atoms with Gasteiger partial charge in [0, 0.05) is 0 Å². The molecule has 6 heteroatoms. The molecule has 0 N–H and O–H groups in total. The van der Waals surface area contributed by atoms with Crippen molar-refractivity contribution in [3.05, 3.63) is 35.9 Å². The summed E-state index contributed by atoms with van der Waals surface area (Å²) < 4.78 is 36.5. The lowest BCUT2D eigenvalue weighted by molar-refractivity contribution is -0.176. The molecule has 0 unspecified atom stereocenters. The van der Waals surface area contributed by atoms with Crippen LogP contribution in [0.4, 0.5) is 0 Å². The first-order chi connectivity index (χ1) is 12.3. The Kier molecular flexibility index (Phi) is 4.84. The van der Waals surface area contributed by atoms with E-state index in [1.807, 2.05) is 58.0 Å². The molecule has 0 saturated carbocycles. The molecule has 0 radical (unpaired) electrons. The van der Waals surface area contributed by atoms with E-state index in [1.54, 1.807) is 0 Å². The summed E-state index contributed by atoms with van der Waals surface area (Å²) in [5.41, 5.74) is 1.13. The van der Waals surface area contributed by atoms with Crippen molar-refractivity contribution in [2.24, 2.45) is 0 Å². The van der Waals surface area contributed by atoms with Gasteiger partial charge in [0.05, 0.1) is 19.8 Å². The van der Waals surface area contributed by atoms with Gasteiger partial charge in [0.2, 0.25) is 0 Å². The zero-order chi connectivity index (χ0) is 18.4. The fourth-order valence-electron chi connectivity index (χ4n) is 3.95. The quantitative estimate of drug-likeness (QED) is 0.819. The maximum atomic E-state index is 6.17. The number of fused-ring (bicyclic) bond motifs is 3. The first-order valence-corrected chi connectivity index (χ1v) is 9.28. The molecule has 3 saturated heterocycles. The molecule has 5 atom stereocenters. The van der Waals surface area contributed by atoms with Crippen molar-refractivity contribution in [2.45, 2.75) is 76.4 Å². The molecule has 4 rings (SSSR count). The van der Waals surface area contributed by atoms with Gasteiger partial charge in [0.1, 0.15) is 30.5 Å². The van der Waals surface area contributed by atoms with E-state index in [0.29, 0.717) is 19.8 Å². The molecule has 0 amide bonds. The van der Waals surface area contributed by atoms with Gasteiger partial charge >= 0.3 is 0 Å². The second-order valence-electron chi connectivity index (χ2n) is 8.08. The molecule has 3 aliphatic heterocycles. The highest BCUT2D eigenvalue weighted by Gasteiger charge is 2.57. The zero-order valence-corrected chi connectivity index (χ0v) is 15.8. The summed E-state index contributed by atoms with van der Waals surface area (Å²) in [7, 11) is 0. The lowest BCUT2D eigenvalue weighted by Gasteiger charge is -2.26. The van der Waals surface area contributed by atoms with E-state index in [-0.39, 0.29) is 30.5 Å². The predicted molar refractivity (Wildman–Crippen MR) is 93.5 cm³/mol. The van der Waals surface area contributed by atoms with E-state index < -0.39 is 11.6 Å². The fourth-order valence-corrected chi connectivity index (χ4v) is 3.95. The van der Waals surface area contributed by atoms with Gasteiger partial charge in [-0.05, 0) is 33.3 Å². The summed E-state index contributed by atoms with van der Waals surface area (Å²) in [4.78, 5) is 0. The maximum absolute atomic E-state index is 6.17. The number of hydrogen-bond acceptors (Lipinski definition) is 6. The Hall–Kier alpha value is -1.02. The van der Waals surface area contributed by atoms with Gasteiger partial charge < -0.3 is 28.4 Å². The molecule has 144 valence electrons. The molecule has 26 heavy (non-hydrogen) atoms. The molecule has 0 spiro atoms. The third kappa shape index (κ3) is 3.81. The monoisotopic (exact) mass is 364 g/mol. The van der Waals surface area contributed by atoms with Crippen LogP contribution in [0.2, 0.25) is 0 Å². The van der Waals surface area contributed by atoms with Crippen LogP contribution in [0.1, 0.15) is 33.3 Å². The van der Waals surface area contributed by atoms with Crippen LogP contribution in [0.25, 0.3) is 0 Å². The number of benzene rings is 1. The molecule has 3 fully saturated rings. The van der Waals surface area contributed by atoms with E-state index in [1.165, 1.54) is 0 Å². The normalized spacial score (nSPS) is 37.8. The topological polar surface area (TPSA) is 55.4 Å². The van der Waals surface area contributed by atoms with Gasteiger partial charge in [-0.25, -0.2) is 0 Å². The van der Waals surface area contributed by atoms with Crippen molar-refractivity contribution in [3.8, 4) is 0 Å². The molecule has 0 aliphatic carbocycles. The number of rotatable bonds is 4. The van der Waals surface area contributed by atoms with Gasteiger partial charge in [-0.2, -0.15) is 0 Å². The molecule has 3 heterocycles. The molecular formula is C20H28O6. The van der Waals surface area contributed by atoms with Crippen molar-refractivity contribution in [3.63, 3.8) is 0 Å². The van der Waals surface area contributed by atoms with Gasteiger partial charge in [-0.3, -0.25) is 0 Å². The van der Waals surface area contributed by atoms with E-state index in [4.69, 9.17) is 28.4 Å². The van der Waals surface area contributed by atoms with Gasteiger partial charge in [0.25, 0.3) is 0 Å². The summed E-state index contributed by atoms with van der Waals surface area (Å²) in [5.74, 6) is -1.33. The van der Waals surface area contributed by atoms with Crippen molar-refractivity contribution < 1.29 is 28.4 Å². The Labute approximate surface area is 154 Å². The fraction of sp³-hybridized carbons (Fsp3) is 0.700. The largest absolute Gasteiger partial charge is 0.374 e. The SMILES string of the molecule is CC1(C)O[C@@H]2[C@H](O1)[C@@H](COCc1ccccc1)OC[C@H]1OC(C)(C)O[C@@H]21. The van der Waals surface area contributed by atoms with E-state index >= 15 is 0 Å². The van der Waals surface area contributed by atoms with Crippen LogP contribution >= 0.6 is 0 Å². The third-order valence-corrected chi connectivity index (χ3v) is 4.94. The highest BCUT2D eigenvalue weighted by atomic mass is 16.8. The lowest BCUT2D eigenvalue weighted by Crippen LogP contribution is -2.45. The third-order valence-electron chi connectivity index (χ3n) is 4.94. The highest BCUT2D eigenvalue weighted by molar-refractivity contribution is 5.13. The van der Waals surface area contributed by atoms with Crippen molar-refractivity contribution >= 4 is 0 Å². The Bertz CT molecular complexity index is 616. The summed E-state index contributed by atoms with van der Waals surface area (Å²) in [5, 5.41) is 0. The van der Waals surface area contributed by atoms with Gasteiger partial charge in [0.15, 0.2) is 11.6 Å². The van der Waals surface area contributed by atoms with Crippen LogP contribution in [0.15, 0.2) is 30.3 Å². The second-order valence-corrected chi connectivity index (χ2v) is 8.08. The Morgan fingerprint density at radius 2 is 1.54 bits per heavy atom. The van der Waals surface area contributed by atoms with Gasteiger partial charge in [-0.15, -0.1) is 0 Å². The minimum absolute atomic E-state index is 0.172. The summed E-state index contributed by atoms with van der Waals surface area (Å²) >= 11 is 0. The molecule has 6 nitrogen and oxygen atoms in total. The first-order valence-electron chi connectivity index (χ1n) is 9.28. The van der Waals surface area contributed by atoms with Crippen LogP contribution in [0, 0.1) is 0 Å². The van der Waals surface area contributed by atoms with Crippen molar-refractivity contribution in [1.82, 2.24) is 0 Å². The molecule has 0 bridgehead atoms. The average Bonchev–Trinajstić information content (AvgIpc) is 3.03. The Morgan fingerprint density at radius 1 is 0.885 bits per heavy atom. The summed E-state index contributed by atoms with van der Waals surface area (Å²) in [6.45, 7) is 9.07. The number of hydrogen-bond donors (Lipinski definition) is 0. The standard InChI is InChI=1S/C20H28O6/c1-19(2)23-15-12-22-14(11-21-10-13-8-6-5-7-9-13)16-18(17(15)25-19)26-20(3,4)24-16/h5-9,14-18H,10-12H2,1-4H3/t14-,15-,16-,17-,18-/m1/s1. The predicted octanol–water partition coefficient (Wildman–Crippen LogP) is 2.64. The van der Waals surface area contributed by atoms with E-state index in [0.717, 1.165) is 5.56 Å².